The van der Waals surface area contributed by atoms with E-state index >= 15 is 0 Å². The Hall–Kier alpha value is -1.31. The van der Waals surface area contributed by atoms with Crippen LogP contribution in [0.4, 0.5) is 0 Å². The molecule has 0 atom stereocenters. The normalized spacial score (nSPS) is 18.9. The van der Waals surface area contributed by atoms with Gasteiger partial charge in [-0.3, -0.25) is 4.79 Å². The third-order valence-corrected chi connectivity index (χ3v) is 4.86. The van der Waals surface area contributed by atoms with Crippen LogP contribution in [-0.4, -0.2) is 23.9 Å². The van der Waals surface area contributed by atoms with E-state index in [0.717, 1.165) is 31.5 Å². The van der Waals surface area contributed by atoms with Crippen LogP contribution in [0.1, 0.15) is 56.3 Å². The number of amides is 1. The molecule has 0 aliphatic carbocycles. The van der Waals surface area contributed by atoms with Crippen LogP contribution in [0.2, 0.25) is 0 Å². The largest absolute Gasteiger partial charge is 0.339 e. The molecule has 2 rings (SSSR count). The van der Waals surface area contributed by atoms with Gasteiger partial charge in [0.1, 0.15) is 0 Å². The zero-order valence-electron chi connectivity index (χ0n) is 12.2. The third kappa shape index (κ3) is 3.17. The maximum atomic E-state index is 12.5. The molecule has 19 heavy (non-hydrogen) atoms. The number of likely N-dealkylation sites (tertiary alicyclic amines) is 1. The van der Waals surface area contributed by atoms with E-state index in [2.05, 4.69) is 13.8 Å². The molecule has 104 valence electrons. The minimum Gasteiger partial charge on any atom is -0.339 e. The highest BCUT2D eigenvalue weighted by atomic mass is 16.2. The van der Waals surface area contributed by atoms with E-state index in [1.165, 1.54) is 19.3 Å². The maximum absolute atomic E-state index is 12.5. The van der Waals surface area contributed by atoms with Gasteiger partial charge in [-0.05, 0) is 36.8 Å². The lowest BCUT2D eigenvalue weighted by Crippen LogP contribution is -2.32. The summed E-state index contributed by atoms with van der Waals surface area (Å²) in [6.45, 7) is 6.40. The highest BCUT2D eigenvalue weighted by Crippen LogP contribution is 2.38. The van der Waals surface area contributed by atoms with Crippen LogP contribution in [0, 0.1) is 5.41 Å². The Balaban J connectivity index is 2.05. The van der Waals surface area contributed by atoms with Gasteiger partial charge in [0.05, 0.1) is 0 Å². The van der Waals surface area contributed by atoms with Crippen molar-refractivity contribution >= 4 is 5.91 Å². The van der Waals surface area contributed by atoms with Crippen molar-refractivity contribution < 1.29 is 4.79 Å². The average molecular weight is 259 g/mol. The topological polar surface area (TPSA) is 20.3 Å². The number of hydrogen-bond acceptors (Lipinski definition) is 1. The fraction of sp³-hybridized carbons (Fsp3) is 0.588. The molecule has 0 saturated carbocycles. The average Bonchev–Trinajstić information content (AvgIpc) is 2.70. The summed E-state index contributed by atoms with van der Waals surface area (Å²) in [5.41, 5.74) is 1.29. The molecular formula is C17H25NO. The van der Waals surface area contributed by atoms with Crippen molar-refractivity contribution in [2.45, 2.75) is 46.0 Å². The van der Waals surface area contributed by atoms with E-state index in [1.807, 2.05) is 35.2 Å². The standard InChI is InChI=1S/C17H25NO/c1-3-17(4-2)11-8-13-18(14-12-17)16(19)15-9-6-5-7-10-15/h5-7,9-10H,3-4,8,11-14H2,1-2H3. The molecule has 2 nitrogen and oxygen atoms in total. The van der Waals surface area contributed by atoms with E-state index < -0.39 is 0 Å². The van der Waals surface area contributed by atoms with Crippen molar-refractivity contribution in [2.75, 3.05) is 13.1 Å². The molecular weight excluding hydrogens is 234 g/mol. The van der Waals surface area contributed by atoms with Crippen molar-refractivity contribution in [1.82, 2.24) is 4.90 Å². The summed E-state index contributed by atoms with van der Waals surface area (Å²) in [6, 6.07) is 9.67. The lowest BCUT2D eigenvalue weighted by Gasteiger charge is -2.30. The van der Waals surface area contributed by atoms with Gasteiger partial charge in [-0.2, -0.15) is 0 Å². The van der Waals surface area contributed by atoms with Gasteiger partial charge in [0.25, 0.3) is 5.91 Å². The molecule has 2 heteroatoms. The number of hydrogen-bond donors (Lipinski definition) is 0. The summed E-state index contributed by atoms with van der Waals surface area (Å²) in [5, 5.41) is 0. The molecule has 1 fully saturated rings. The van der Waals surface area contributed by atoms with Crippen LogP contribution in [0.3, 0.4) is 0 Å². The number of rotatable bonds is 3. The SMILES string of the molecule is CCC1(CC)CCCN(C(=O)c2ccccc2)CC1. The Morgan fingerprint density at radius 3 is 2.42 bits per heavy atom. The lowest BCUT2D eigenvalue weighted by molar-refractivity contribution is 0.0754. The second-order valence-corrected chi connectivity index (χ2v) is 5.72. The monoisotopic (exact) mass is 259 g/mol. The van der Waals surface area contributed by atoms with Gasteiger partial charge < -0.3 is 4.90 Å². The number of nitrogens with zero attached hydrogens (tertiary/aromatic N) is 1. The van der Waals surface area contributed by atoms with Gasteiger partial charge in [0, 0.05) is 18.7 Å². The Kier molecular flexibility index (Phi) is 4.62. The van der Waals surface area contributed by atoms with Gasteiger partial charge in [0.2, 0.25) is 0 Å². The lowest BCUT2D eigenvalue weighted by atomic mass is 9.76. The van der Waals surface area contributed by atoms with Crippen LogP contribution < -0.4 is 0 Å². The molecule has 1 aliphatic heterocycles. The Bertz CT molecular complexity index is 409. The van der Waals surface area contributed by atoms with Crippen molar-refractivity contribution in [3.63, 3.8) is 0 Å². The number of benzene rings is 1. The third-order valence-electron chi connectivity index (χ3n) is 4.86. The van der Waals surface area contributed by atoms with Crippen LogP contribution in [0.5, 0.6) is 0 Å². The van der Waals surface area contributed by atoms with E-state index in [4.69, 9.17) is 0 Å². The zero-order chi connectivity index (χ0) is 13.7. The summed E-state index contributed by atoms with van der Waals surface area (Å²) < 4.78 is 0. The van der Waals surface area contributed by atoms with Gasteiger partial charge in [0.15, 0.2) is 0 Å². The second-order valence-electron chi connectivity index (χ2n) is 5.72. The first-order valence-electron chi connectivity index (χ1n) is 7.55. The Morgan fingerprint density at radius 2 is 1.79 bits per heavy atom. The molecule has 1 saturated heterocycles. The quantitative estimate of drug-likeness (QED) is 0.799. The smallest absolute Gasteiger partial charge is 0.253 e. The molecule has 0 spiro atoms. The van der Waals surface area contributed by atoms with Crippen LogP contribution in [0.15, 0.2) is 30.3 Å². The molecule has 1 amide bonds. The van der Waals surface area contributed by atoms with Crippen molar-refractivity contribution in [3.8, 4) is 0 Å². The van der Waals surface area contributed by atoms with Gasteiger partial charge in [-0.15, -0.1) is 0 Å². The first kappa shape index (κ1) is 14.1. The summed E-state index contributed by atoms with van der Waals surface area (Å²) in [7, 11) is 0. The van der Waals surface area contributed by atoms with E-state index in [9.17, 15) is 4.79 Å². The van der Waals surface area contributed by atoms with Crippen molar-refractivity contribution in [3.05, 3.63) is 35.9 Å². The second kappa shape index (κ2) is 6.23. The van der Waals surface area contributed by atoms with E-state index in [0.29, 0.717) is 5.41 Å². The molecule has 0 radical (unpaired) electrons. The number of carbonyl (C=O) groups excluding carboxylic acids is 1. The van der Waals surface area contributed by atoms with E-state index in [-0.39, 0.29) is 5.91 Å². The summed E-state index contributed by atoms with van der Waals surface area (Å²) in [5.74, 6) is 0.198. The zero-order valence-corrected chi connectivity index (χ0v) is 12.2. The van der Waals surface area contributed by atoms with Crippen LogP contribution in [0.25, 0.3) is 0 Å². The van der Waals surface area contributed by atoms with Crippen molar-refractivity contribution in [2.24, 2.45) is 5.41 Å². The fourth-order valence-electron chi connectivity index (χ4n) is 3.18. The molecule has 1 aromatic rings. The Labute approximate surface area is 116 Å². The van der Waals surface area contributed by atoms with E-state index in [1.54, 1.807) is 0 Å². The maximum Gasteiger partial charge on any atom is 0.253 e. The number of carbonyl (C=O) groups is 1. The van der Waals surface area contributed by atoms with Gasteiger partial charge >= 0.3 is 0 Å². The molecule has 1 heterocycles. The van der Waals surface area contributed by atoms with Gasteiger partial charge in [-0.25, -0.2) is 0 Å². The highest BCUT2D eigenvalue weighted by Gasteiger charge is 2.30. The first-order chi connectivity index (χ1) is 9.21. The van der Waals surface area contributed by atoms with Gasteiger partial charge in [-0.1, -0.05) is 44.9 Å². The summed E-state index contributed by atoms with van der Waals surface area (Å²) in [4.78, 5) is 14.5. The van der Waals surface area contributed by atoms with Crippen LogP contribution >= 0.6 is 0 Å². The summed E-state index contributed by atoms with van der Waals surface area (Å²) >= 11 is 0. The molecule has 0 aromatic heterocycles. The molecule has 1 aliphatic rings. The first-order valence-corrected chi connectivity index (χ1v) is 7.55. The molecule has 0 bridgehead atoms. The minimum absolute atomic E-state index is 0.198. The minimum atomic E-state index is 0.198. The van der Waals surface area contributed by atoms with Crippen molar-refractivity contribution in [1.29, 1.82) is 0 Å². The highest BCUT2D eigenvalue weighted by molar-refractivity contribution is 5.94. The molecule has 0 unspecified atom stereocenters. The van der Waals surface area contributed by atoms with Crippen LogP contribution in [-0.2, 0) is 0 Å². The Morgan fingerprint density at radius 1 is 1.11 bits per heavy atom. The molecule has 0 N–H and O–H groups in total. The molecule has 1 aromatic carbocycles. The fourth-order valence-corrected chi connectivity index (χ4v) is 3.18. The predicted molar refractivity (Wildman–Crippen MR) is 79.2 cm³/mol. The predicted octanol–water partition coefficient (Wildman–Crippen LogP) is 4.12. The summed E-state index contributed by atoms with van der Waals surface area (Å²) in [6.07, 6.45) is 6.02.